The lowest BCUT2D eigenvalue weighted by Gasteiger charge is -2.16. The third kappa shape index (κ3) is 3.53. The van der Waals surface area contributed by atoms with Gasteiger partial charge in [-0.3, -0.25) is 4.79 Å². The number of amides is 1. The number of aryl methyl sites for hydroxylation is 1. The summed E-state index contributed by atoms with van der Waals surface area (Å²) in [6.45, 7) is 6.20. The van der Waals surface area contributed by atoms with E-state index in [9.17, 15) is 4.79 Å². The largest absolute Gasteiger partial charge is 0.487 e. The van der Waals surface area contributed by atoms with E-state index in [0.717, 1.165) is 23.4 Å². The maximum atomic E-state index is 12.3. The highest BCUT2D eigenvalue weighted by Crippen LogP contribution is 2.36. The second-order valence-corrected chi connectivity index (χ2v) is 8.25. The highest BCUT2D eigenvalue weighted by Gasteiger charge is 2.30. The number of thioether (sulfide) groups is 1. The summed E-state index contributed by atoms with van der Waals surface area (Å²) in [6.07, 6.45) is 2.78. The van der Waals surface area contributed by atoms with Crippen LogP contribution in [0.2, 0.25) is 0 Å². The summed E-state index contributed by atoms with van der Waals surface area (Å²) < 4.78 is 5.91. The average molecular weight is 364 g/mol. The zero-order valence-corrected chi connectivity index (χ0v) is 15.8. The normalized spacial score (nSPS) is 21.0. The van der Waals surface area contributed by atoms with Gasteiger partial charge in [-0.1, -0.05) is 23.8 Å². The zero-order chi connectivity index (χ0) is 18.3. The molecule has 1 fully saturated rings. The van der Waals surface area contributed by atoms with Crippen molar-refractivity contribution in [2.45, 2.75) is 32.8 Å². The molecular weight excluding hydrogens is 344 g/mol. The first kappa shape index (κ1) is 16.9. The summed E-state index contributed by atoms with van der Waals surface area (Å²) in [5, 5.41) is 3.44. The minimum atomic E-state index is -0.165. The SMILES string of the molecule is Cc1ccc(N=C2NC(=O)/C(=C\c3ccc4c(c3)CC(C)(C)O4)S2)cc1. The Labute approximate surface area is 157 Å². The Balaban J connectivity index is 1.55. The molecule has 2 aromatic carbocycles. The predicted molar refractivity (Wildman–Crippen MR) is 107 cm³/mol. The van der Waals surface area contributed by atoms with E-state index in [2.05, 4.69) is 30.2 Å². The van der Waals surface area contributed by atoms with Crippen LogP contribution in [0.4, 0.5) is 5.69 Å². The van der Waals surface area contributed by atoms with E-state index in [0.29, 0.717) is 10.1 Å². The number of rotatable bonds is 2. The number of fused-ring (bicyclic) bond motifs is 1. The summed E-state index contributed by atoms with van der Waals surface area (Å²) in [5.41, 5.74) is 4.03. The number of ether oxygens (including phenoxy) is 1. The van der Waals surface area contributed by atoms with E-state index < -0.39 is 0 Å². The topological polar surface area (TPSA) is 50.7 Å². The summed E-state index contributed by atoms with van der Waals surface area (Å²) >= 11 is 1.36. The van der Waals surface area contributed by atoms with Crippen LogP contribution in [-0.2, 0) is 11.2 Å². The van der Waals surface area contributed by atoms with Gasteiger partial charge in [0.1, 0.15) is 11.4 Å². The highest BCUT2D eigenvalue weighted by atomic mass is 32.2. The summed E-state index contributed by atoms with van der Waals surface area (Å²) in [6, 6.07) is 14.0. The first-order valence-electron chi connectivity index (χ1n) is 8.56. The monoisotopic (exact) mass is 364 g/mol. The molecule has 0 atom stereocenters. The average Bonchev–Trinajstić information content (AvgIpc) is 3.07. The summed E-state index contributed by atoms with van der Waals surface area (Å²) in [5.74, 6) is 0.820. The number of aliphatic imine (C=N–C) groups is 1. The minimum Gasteiger partial charge on any atom is -0.487 e. The van der Waals surface area contributed by atoms with E-state index in [1.165, 1.54) is 22.9 Å². The van der Waals surface area contributed by atoms with E-state index in [1.807, 2.05) is 49.4 Å². The van der Waals surface area contributed by atoms with Crippen LogP contribution in [0.25, 0.3) is 6.08 Å². The molecule has 132 valence electrons. The smallest absolute Gasteiger partial charge is 0.264 e. The van der Waals surface area contributed by atoms with Gasteiger partial charge < -0.3 is 10.1 Å². The number of carbonyl (C=O) groups is 1. The molecule has 2 aromatic rings. The molecule has 4 rings (SSSR count). The standard InChI is InChI=1S/C21H20N2O2S/c1-13-4-7-16(8-5-13)22-20-23-19(24)18(26-20)11-14-6-9-17-15(10-14)12-21(2,3)25-17/h4-11H,12H2,1-3H3,(H,22,23,24)/b18-11+. The second-order valence-electron chi connectivity index (χ2n) is 7.22. The first-order valence-corrected chi connectivity index (χ1v) is 9.38. The van der Waals surface area contributed by atoms with Gasteiger partial charge in [0, 0.05) is 6.42 Å². The molecule has 26 heavy (non-hydrogen) atoms. The van der Waals surface area contributed by atoms with Gasteiger partial charge >= 0.3 is 0 Å². The van der Waals surface area contributed by atoms with Gasteiger partial charge in [0.2, 0.25) is 0 Å². The molecule has 0 radical (unpaired) electrons. The number of amidine groups is 1. The Morgan fingerprint density at radius 2 is 1.96 bits per heavy atom. The molecule has 0 bridgehead atoms. The lowest BCUT2D eigenvalue weighted by Crippen LogP contribution is -2.24. The summed E-state index contributed by atoms with van der Waals surface area (Å²) in [4.78, 5) is 17.4. The number of nitrogens with zero attached hydrogens (tertiary/aromatic N) is 1. The zero-order valence-electron chi connectivity index (χ0n) is 15.0. The molecule has 1 saturated heterocycles. The van der Waals surface area contributed by atoms with Gasteiger partial charge in [-0.25, -0.2) is 4.99 Å². The minimum absolute atomic E-state index is 0.113. The van der Waals surface area contributed by atoms with Crippen molar-refractivity contribution in [1.29, 1.82) is 0 Å². The highest BCUT2D eigenvalue weighted by molar-refractivity contribution is 8.18. The van der Waals surface area contributed by atoms with E-state index in [4.69, 9.17) is 4.74 Å². The fourth-order valence-electron chi connectivity index (χ4n) is 3.09. The van der Waals surface area contributed by atoms with Gasteiger partial charge in [0.15, 0.2) is 5.17 Å². The van der Waals surface area contributed by atoms with Gasteiger partial charge in [-0.15, -0.1) is 0 Å². The Morgan fingerprint density at radius 1 is 1.19 bits per heavy atom. The number of carbonyl (C=O) groups excluding carboxylic acids is 1. The Kier molecular flexibility index (Phi) is 4.11. The van der Waals surface area contributed by atoms with Gasteiger partial charge in [-0.2, -0.15) is 0 Å². The van der Waals surface area contributed by atoms with E-state index >= 15 is 0 Å². The molecule has 2 heterocycles. The first-order chi connectivity index (χ1) is 12.4. The molecule has 0 unspecified atom stereocenters. The summed E-state index contributed by atoms with van der Waals surface area (Å²) in [7, 11) is 0. The fraction of sp³-hybridized carbons (Fsp3) is 0.238. The lowest BCUT2D eigenvalue weighted by molar-refractivity contribution is -0.115. The molecule has 2 aliphatic heterocycles. The van der Waals surface area contributed by atoms with Crippen molar-refractivity contribution < 1.29 is 9.53 Å². The quantitative estimate of drug-likeness (QED) is 0.792. The maximum absolute atomic E-state index is 12.3. The Hall–Kier alpha value is -2.53. The maximum Gasteiger partial charge on any atom is 0.264 e. The van der Waals surface area contributed by atoms with Crippen LogP contribution in [0.1, 0.15) is 30.5 Å². The van der Waals surface area contributed by atoms with Crippen LogP contribution in [0, 0.1) is 6.92 Å². The van der Waals surface area contributed by atoms with Crippen molar-refractivity contribution in [3.63, 3.8) is 0 Å². The Bertz CT molecular complexity index is 943. The van der Waals surface area contributed by atoms with Crippen LogP contribution in [0.3, 0.4) is 0 Å². The third-order valence-electron chi connectivity index (χ3n) is 4.30. The van der Waals surface area contributed by atoms with Crippen molar-refractivity contribution in [2.24, 2.45) is 4.99 Å². The molecular formula is C21H20N2O2S. The second kappa shape index (κ2) is 6.32. The number of hydrogen-bond acceptors (Lipinski definition) is 4. The number of hydrogen-bond donors (Lipinski definition) is 1. The van der Waals surface area contributed by atoms with Crippen LogP contribution < -0.4 is 10.1 Å². The van der Waals surface area contributed by atoms with Gasteiger partial charge in [0.05, 0.1) is 10.6 Å². The molecule has 5 heteroatoms. The molecule has 0 spiro atoms. The van der Waals surface area contributed by atoms with Crippen molar-refractivity contribution in [3.05, 3.63) is 64.1 Å². The van der Waals surface area contributed by atoms with Gasteiger partial charge in [-0.05, 0) is 74.0 Å². The van der Waals surface area contributed by atoms with Crippen molar-refractivity contribution in [1.82, 2.24) is 5.32 Å². The molecule has 0 aliphatic carbocycles. The number of benzene rings is 2. The van der Waals surface area contributed by atoms with Crippen LogP contribution in [0.5, 0.6) is 5.75 Å². The van der Waals surface area contributed by atoms with Crippen molar-refractivity contribution in [2.75, 3.05) is 0 Å². The molecule has 4 nitrogen and oxygen atoms in total. The van der Waals surface area contributed by atoms with Crippen LogP contribution >= 0.6 is 11.8 Å². The Morgan fingerprint density at radius 3 is 2.73 bits per heavy atom. The van der Waals surface area contributed by atoms with Crippen molar-refractivity contribution >= 4 is 34.6 Å². The van der Waals surface area contributed by atoms with Crippen LogP contribution in [-0.4, -0.2) is 16.7 Å². The van der Waals surface area contributed by atoms with Crippen LogP contribution in [0.15, 0.2) is 52.4 Å². The molecule has 0 saturated carbocycles. The number of nitrogens with one attached hydrogen (secondary N) is 1. The van der Waals surface area contributed by atoms with E-state index in [-0.39, 0.29) is 11.5 Å². The van der Waals surface area contributed by atoms with Gasteiger partial charge in [0.25, 0.3) is 5.91 Å². The molecule has 1 N–H and O–H groups in total. The third-order valence-corrected chi connectivity index (χ3v) is 5.21. The lowest BCUT2D eigenvalue weighted by atomic mass is 10.00. The fourth-order valence-corrected chi connectivity index (χ4v) is 3.93. The van der Waals surface area contributed by atoms with Crippen molar-refractivity contribution in [3.8, 4) is 5.75 Å². The molecule has 1 amide bonds. The molecule has 0 aromatic heterocycles. The molecule has 2 aliphatic rings. The van der Waals surface area contributed by atoms with E-state index in [1.54, 1.807) is 0 Å². The predicted octanol–water partition coefficient (Wildman–Crippen LogP) is 4.60.